The molecule has 0 spiro atoms. The minimum absolute atomic E-state index is 0.0197. The lowest BCUT2D eigenvalue weighted by Crippen LogP contribution is -2.38. The summed E-state index contributed by atoms with van der Waals surface area (Å²) in [7, 11) is 0. The molecule has 0 radical (unpaired) electrons. The van der Waals surface area contributed by atoms with Crippen molar-refractivity contribution in [1.82, 2.24) is 29.0 Å². The summed E-state index contributed by atoms with van der Waals surface area (Å²) < 4.78 is 3.96. The number of fused-ring (bicyclic) bond motifs is 1. The quantitative estimate of drug-likeness (QED) is 0.552. The smallest absolute Gasteiger partial charge is 0.255 e. The summed E-state index contributed by atoms with van der Waals surface area (Å²) in [4.78, 5) is 28.2. The molecule has 1 aliphatic heterocycles. The average Bonchev–Trinajstić information content (AvgIpc) is 3.49. The van der Waals surface area contributed by atoms with Crippen LogP contribution in [0.25, 0.3) is 16.9 Å². The van der Waals surface area contributed by atoms with Gasteiger partial charge in [-0.3, -0.25) is 9.36 Å². The van der Waals surface area contributed by atoms with Crippen molar-refractivity contribution in [2.45, 2.75) is 25.4 Å². The topological polar surface area (TPSA) is 68.8 Å². The third-order valence-corrected chi connectivity index (χ3v) is 5.29. The van der Waals surface area contributed by atoms with Crippen LogP contribution in [0.5, 0.6) is 0 Å². The van der Waals surface area contributed by atoms with Gasteiger partial charge in [0, 0.05) is 43.4 Å². The number of rotatable bonds is 4. The van der Waals surface area contributed by atoms with E-state index < -0.39 is 0 Å². The van der Waals surface area contributed by atoms with E-state index in [4.69, 9.17) is 0 Å². The van der Waals surface area contributed by atoms with Crippen molar-refractivity contribution >= 4 is 17.1 Å². The van der Waals surface area contributed by atoms with E-state index in [9.17, 15) is 4.79 Å². The molecular weight excluding hydrogens is 352 g/mol. The van der Waals surface area contributed by atoms with Gasteiger partial charge in [0.2, 0.25) is 0 Å². The van der Waals surface area contributed by atoms with E-state index in [1.807, 2.05) is 56.6 Å². The molecule has 1 aliphatic rings. The lowest BCUT2D eigenvalue weighted by Gasteiger charge is -2.25. The molecule has 1 saturated heterocycles. The van der Waals surface area contributed by atoms with Crippen LogP contribution in [0.2, 0.25) is 0 Å². The highest BCUT2D eigenvalue weighted by molar-refractivity contribution is 5.96. The van der Waals surface area contributed by atoms with E-state index in [0.717, 1.165) is 42.8 Å². The number of pyridine rings is 1. The SMILES string of the molecule is O=C(c1cnc2c(c1)ncn2-c1ccccc1)N1CCCC1Cn1ccnc1. The number of nitrogens with zero attached hydrogens (tertiary/aromatic N) is 6. The Kier molecular flexibility index (Phi) is 4.12. The second-order valence-corrected chi connectivity index (χ2v) is 7.07. The Morgan fingerprint density at radius 1 is 1.14 bits per heavy atom. The van der Waals surface area contributed by atoms with Gasteiger partial charge in [-0.15, -0.1) is 0 Å². The largest absolute Gasteiger partial charge is 0.335 e. The molecule has 5 rings (SSSR count). The van der Waals surface area contributed by atoms with E-state index in [0.29, 0.717) is 5.56 Å². The highest BCUT2D eigenvalue weighted by atomic mass is 16.2. The van der Waals surface area contributed by atoms with Crippen LogP contribution in [0.4, 0.5) is 0 Å². The summed E-state index contributed by atoms with van der Waals surface area (Å²) in [5.41, 5.74) is 3.05. The Morgan fingerprint density at radius 2 is 2.04 bits per heavy atom. The van der Waals surface area contributed by atoms with Crippen LogP contribution in [0.3, 0.4) is 0 Å². The molecule has 0 N–H and O–H groups in total. The van der Waals surface area contributed by atoms with Gasteiger partial charge in [-0.25, -0.2) is 15.0 Å². The maximum atomic E-state index is 13.1. The summed E-state index contributed by atoms with van der Waals surface area (Å²) in [5, 5.41) is 0. The molecule has 3 aromatic heterocycles. The fourth-order valence-corrected chi connectivity index (χ4v) is 3.89. The third-order valence-electron chi connectivity index (χ3n) is 5.29. The fourth-order valence-electron chi connectivity index (χ4n) is 3.89. The first-order chi connectivity index (χ1) is 13.8. The minimum atomic E-state index is 0.0197. The monoisotopic (exact) mass is 372 g/mol. The van der Waals surface area contributed by atoms with Gasteiger partial charge in [0.25, 0.3) is 5.91 Å². The van der Waals surface area contributed by atoms with Gasteiger partial charge >= 0.3 is 0 Å². The maximum Gasteiger partial charge on any atom is 0.255 e. The molecule has 1 atom stereocenters. The zero-order chi connectivity index (χ0) is 18.9. The van der Waals surface area contributed by atoms with Crippen LogP contribution in [-0.2, 0) is 6.54 Å². The summed E-state index contributed by atoms with van der Waals surface area (Å²) in [5.74, 6) is 0.0197. The molecule has 28 heavy (non-hydrogen) atoms. The van der Waals surface area contributed by atoms with Crippen LogP contribution in [-0.4, -0.2) is 47.5 Å². The lowest BCUT2D eigenvalue weighted by molar-refractivity contribution is 0.0724. The van der Waals surface area contributed by atoms with E-state index >= 15 is 0 Å². The highest BCUT2D eigenvalue weighted by Gasteiger charge is 2.30. The first kappa shape index (κ1) is 16.7. The summed E-state index contributed by atoms with van der Waals surface area (Å²) in [6, 6.07) is 12.0. The third kappa shape index (κ3) is 2.94. The van der Waals surface area contributed by atoms with Crippen LogP contribution in [0.15, 0.2) is 67.6 Å². The normalized spacial score (nSPS) is 16.7. The number of benzene rings is 1. The molecule has 4 heterocycles. The Hall–Kier alpha value is -3.48. The van der Waals surface area contributed by atoms with Gasteiger partial charge in [0.05, 0.1) is 11.9 Å². The molecule has 1 unspecified atom stereocenters. The Balaban J connectivity index is 1.42. The van der Waals surface area contributed by atoms with Crippen molar-refractivity contribution in [3.05, 3.63) is 73.2 Å². The van der Waals surface area contributed by atoms with Gasteiger partial charge in [0.15, 0.2) is 5.65 Å². The van der Waals surface area contributed by atoms with E-state index in [-0.39, 0.29) is 11.9 Å². The number of imidazole rings is 2. The second-order valence-electron chi connectivity index (χ2n) is 7.07. The standard InChI is InChI=1S/C21H20N6O/c28-21(26-9-4-7-18(26)13-25-10-8-22-14-25)16-11-19-20(23-12-16)27(15-24-19)17-5-2-1-3-6-17/h1-3,5-6,8,10-12,14-15,18H,4,7,9,13H2. The van der Waals surface area contributed by atoms with Crippen molar-refractivity contribution in [1.29, 1.82) is 0 Å². The zero-order valence-electron chi connectivity index (χ0n) is 15.3. The van der Waals surface area contributed by atoms with Gasteiger partial charge in [-0.05, 0) is 31.0 Å². The number of aromatic nitrogens is 5. The highest BCUT2D eigenvalue weighted by Crippen LogP contribution is 2.23. The number of para-hydroxylation sites is 1. The first-order valence-corrected chi connectivity index (χ1v) is 9.45. The molecular formula is C21H20N6O. The van der Waals surface area contributed by atoms with Crippen molar-refractivity contribution in [3.63, 3.8) is 0 Å². The van der Waals surface area contributed by atoms with E-state index in [1.165, 1.54) is 0 Å². The number of hydrogen-bond donors (Lipinski definition) is 0. The summed E-state index contributed by atoms with van der Waals surface area (Å²) >= 11 is 0. The van der Waals surface area contributed by atoms with Crippen LogP contribution in [0, 0.1) is 0 Å². The van der Waals surface area contributed by atoms with Gasteiger partial charge < -0.3 is 9.47 Å². The zero-order valence-corrected chi connectivity index (χ0v) is 15.3. The number of carbonyl (C=O) groups is 1. The maximum absolute atomic E-state index is 13.1. The Bertz CT molecular complexity index is 1100. The van der Waals surface area contributed by atoms with Crippen molar-refractivity contribution in [2.24, 2.45) is 0 Å². The minimum Gasteiger partial charge on any atom is -0.335 e. The summed E-state index contributed by atoms with van der Waals surface area (Å²) in [6.45, 7) is 1.54. The van der Waals surface area contributed by atoms with Crippen molar-refractivity contribution in [2.75, 3.05) is 6.54 Å². The van der Waals surface area contributed by atoms with Crippen LogP contribution in [0.1, 0.15) is 23.2 Å². The summed E-state index contributed by atoms with van der Waals surface area (Å²) in [6.07, 6.45) is 10.9. The first-order valence-electron chi connectivity index (χ1n) is 9.45. The fraction of sp³-hybridized carbons (Fsp3) is 0.238. The molecule has 0 aliphatic carbocycles. The Morgan fingerprint density at radius 3 is 2.86 bits per heavy atom. The number of likely N-dealkylation sites (tertiary alicyclic amines) is 1. The molecule has 1 fully saturated rings. The molecule has 7 nitrogen and oxygen atoms in total. The van der Waals surface area contributed by atoms with E-state index in [2.05, 4.69) is 15.0 Å². The molecule has 7 heteroatoms. The number of hydrogen-bond acceptors (Lipinski definition) is 4. The van der Waals surface area contributed by atoms with Gasteiger partial charge in [0.1, 0.15) is 11.8 Å². The predicted octanol–water partition coefficient (Wildman–Crippen LogP) is 2.92. The van der Waals surface area contributed by atoms with Crippen LogP contribution < -0.4 is 0 Å². The Labute approximate surface area is 162 Å². The molecule has 1 aromatic carbocycles. The lowest BCUT2D eigenvalue weighted by atomic mass is 10.2. The van der Waals surface area contributed by atoms with Gasteiger partial charge in [-0.2, -0.15) is 0 Å². The van der Waals surface area contributed by atoms with Gasteiger partial charge in [-0.1, -0.05) is 18.2 Å². The number of carbonyl (C=O) groups excluding carboxylic acids is 1. The molecule has 1 amide bonds. The molecule has 140 valence electrons. The van der Waals surface area contributed by atoms with Crippen LogP contribution >= 0.6 is 0 Å². The van der Waals surface area contributed by atoms with E-state index in [1.54, 1.807) is 25.0 Å². The number of amides is 1. The molecule has 0 saturated carbocycles. The average molecular weight is 372 g/mol. The second kappa shape index (κ2) is 6.92. The molecule has 4 aromatic rings. The van der Waals surface area contributed by atoms with Crippen molar-refractivity contribution < 1.29 is 4.79 Å². The molecule has 0 bridgehead atoms. The predicted molar refractivity (Wildman–Crippen MR) is 105 cm³/mol. The van der Waals surface area contributed by atoms with Crippen molar-refractivity contribution in [3.8, 4) is 5.69 Å².